The Hall–Kier alpha value is -2.88. The molecule has 2 aromatic carbocycles. The normalized spacial score (nSPS) is 15.5. The number of hydrogen-bond acceptors (Lipinski definition) is 2. The summed E-state index contributed by atoms with van der Waals surface area (Å²) in [6.45, 7) is 0. The Morgan fingerprint density at radius 2 is 1.75 bits per heavy atom. The molecule has 24 heavy (non-hydrogen) atoms. The van der Waals surface area contributed by atoms with E-state index in [0.717, 1.165) is 24.9 Å². The molecule has 1 aliphatic carbocycles. The zero-order valence-electron chi connectivity index (χ0n) is 13.4. The largest absolute Gasteiger partial charge is 0.343 e. The van der Waals surface area contributed by atoms with E-state index in [1.165, 1.54) is 5.56 Å². The highest BCUT2D eigenvalue weighted by Gasteiger charge is 2.39. The molecule has 4 heteroatoms. The maximum atomic E-state index is 12.7. The predicted octanol–water partition coefficient (Wildman–Crippen LogP) is 3.68. The molecule has 1 aromatic heterocycles. The summed E-state index contributed by atoms with van der Waals surface area (Å²) >= 11 is 0. The number of hydrogen-bond donors (Lipinski definition) is 1. The van der Waals surface area contributed by atoms with Crippen LogP contribution in [0.4, 0.5) is 0 Å². The molecular formula is C20H19N3O. The zero-order valence-corrected chi connectivity index (χ0v) is 13.4. The molecule has 1 fully saturated rings. The maximum absolute atomic E-state index is 12.7. The minimum Gasteiger partial charge on any atom is -0.343 e. The quantitative estimate of drug-likeness (QED) is 0.798. The van der Waals surface area contributed by atoms with Crippen molar-refractivity contribution < 1.29 is 4.79 Å². The molecule has 4 rings (SSSR count). The van der Waals surface area contributed by atoms with Crippen molar-refractivity contribution in [1.29, 1.82) is 0 Å². The van der Waals surface area contributed by atoms with E-state index in [-0.39, 0.29) is 11.4 Å². The first-order chi connectivity index (χ1) is 11.8. The van der Waals surface area contributed by atoms with Gasteiger partial charge in [0.05, 0.1) is 11.2 Å². The summed E-state index contributed by atoms with van der Waals surface area (Å²) in [6.07, 6.45) is 6.75. The molecule has 0 saturated heterocycles. The van der Waals surface area contributed by atoms with E-state index in [1.54, 1.807) is 10.9 Å². The first kappa shape index (κ1) is 14.7. The molecule has 0 aliphatic heterocycles. The SMILES string of the molecule is O=C(NC1(c2ccccc2)CCC1)c1ccc(-n2cccn2)cc1. The number of aromatic nitrogens is 2. The van der Waals surface area contributed by atoms with E-state index in [4.69, 9.17) is 0 Å². The van der Waals surface area contributed by atoms with E-state index in [1.807, 2.05) is 54.7 Å². The number of rotatable bonds is 4. The second-order valence-electron chi connectivity index (χ2n) is 6.25. The third kappa shape index (κ3) is 2.60. The summed E-state index contributed by atoms with van der Waals surface area (Å²) in [6, 6.07) is 19.7. The number of benzene rings is 2. The van der Waals surface area contributed by atoms with Crippen LogP contribution in [0.5, 0.6) is 0 Å². The molecule has 3 aromatic rings. The van der Waals surface area contributed by atoms with Crippen molar-refractivity contribution in [2.75, 3.05) is 0 Å². The first-order valence-corrected chi connectivity index (χ1v) is 8.25. The lowest BCUT2D eigenvalue weighted by atomic mass is 9.71. The second-order valence-corrected chi connectivity index (χ2v) is 6.25. The molecule has 1 saturated carbocycles. The maximum Gasteiger partial charge on any atom is 0.251 e. The Balaban J connectivity index is 1.53. The standard InChI is InChI=1S/C20H19N3O/c24-19(16-8-10-18(11-9-16)23-15-5-14-21-23)22-20(12-4-13-20)17-6-2-1-3-7-17/h1-3,5-11,14-15H,4,12-13H2,(H,22,24). The zero-order chi connectivity index (χ0) is 16.4. The van der Waals surface area contributed by atoms with Gasteiger partial charge in [0, 0.05) is 18.0 Å². The van der Waals surface area contributed by atoms with Crippen molar-refractivity contribution in [3.05, 3.63) is 84.2 Å². The van der Waals surface area contributed by atoms with Crippen LogP contribution in [0.15, 0.2) is 73.1 Å². The molecule has 1 aliphatic rings. The van der Waals surface area contributed by atoms with Crippen LogP contribution in [0.25, 0.3) is 5.69 Å². The summed E-state index contributed by atoms with van der Waals surface area (Å²) in [5, 5.41) is 7.45. The molecule has 1 N–H and O–H groups in total. The Bertz CT molecular complexity index is 819. The van der Waals surface area contributed by atoms with Gasteiger partial charge in [-0.2, -0.15) is 5.10 Å². The van der Waals surface area contributed by atoms with Crippen LogP contribution >= 0.6 is 0 Å². The highest BCUT2D eigenvalue weighted by Crippen LogP contribution is 2.41. The molecule has 0 unspecified atom stereocenters. The molecule has 4 nitrogen and oxygen atoms in total. The van der Waals surface area contributed by atoms with Crippen LogP contribution in [-0.2, 0) is 5.54 Å². The Labute approximate surface area is 141 Å². The van der Waals surface area contributed by atoms with E-state index in [0.29, 0.717) is 5.56 Å². The van der Waals surface area contributed by atoms with Crippen LogP contribution in [0, 0.1) is 0 Å². The van der Waals surface area contributed by atoms with Gasteiger partial charge in [-0.15, -0.1) is 0 Å². The minimum atomic E-state index is -0.209. The Morgan fingerprint density at radius 1 is 1.00 bits per heavy atom. The van der Waals surface area contributed by atoms with Crippen LogP contribution in [-0.4, -0.2) is 15.7 Å². The Kier molecular flexibility index (Phi) is 3.65. The summed E-state index contributed by atoms with van der Waals surface area (Å²) in [5.74, 6) is -0.0226. The van der Waals surface area contributed by atoms with Gasteiger partial charge in [0.25, 0.3) is 5.91 Å². The molecule has 120 valence electrons. The van der Waals surface area contributed by atoms with Crippen molar-refractivity contribution in [3.63, 3.8) is 0 Å². The predicted molar refractivity (Wildman–Crippen MR) is 93.0 cm³/mol. The van der Waals surface area contributed by atoms with Crippen molar-refractivity contribution in [1.82, 2.24) is 15.1 Å². The molecular weight excluding hydrogens is 298 g/mol. The lowest BCUT2D eigenvalue weighted by Gasteiger charge is -2.43. The third-order valence-electron chi connectivity index (χ3n) is 4.78. The number of amides is 1. The van der Waals surface area contributed by atoms with Gasteiger partial charge in [-0.25, -0.2) is 4.68 Å². The average molecular weight is 317 g/mol. The molecule has 0 spiro atoms. The van der Waals surface area contributed by atoms with Crippen molar-refractivity contribution in [3.8, 4) is 5.69 Å². The van der Waals surface area contributed by atoms with Gasteiger partial charge in [-0.1, -0.05) is 30.3 Å². The summed E-state index contributed by atoms with van der Waals surface area (Å²) in [7, 11) is 0. The lowest BCUT2D eigenvalue weighted by Crippen LogP contribution is -2.50. The number of nitrogens with zero attached hydrogens (tertiary/aromatic N) is 2. The highest BCUT2D eigenvalue weighted by molar-refractivity contribution is 5.95. The van der Waals surface area contributed by atoms with Crippen LogP contribution in [0.2, 0.25) is 0 Å². The molecule has 1 heterocycles. The van der Waals surface area contributed by atoms with Gasteiger partial charge in [0.1, 0.15) is 0 Å². The average Bonchev–Trinajstić information content (AvgIpc) is 3.13. The third-order valence-corrected chi connectivity index (χ3v) is 4.78. The van der Waals surface area contributed by atoms with Crippen molar-refractivity contribution in [2.24, 2.45) is 0 Å². The monoisotopic (exact) mass is 317 g/mol. The first-order valence-electron chi connectivity index (χ1n) is 8.25. The molecule has 0 radical (unpaired) electrons. The minimum absolute atomic E-state index is 0.0226. The molecule has 0 atom stereocenters. The fraction of sp³-hybridized carbons (Fsp3) is 0.200. The fourth-order valence-corrected chi connectivity index (χ4v) is 3.25. The topological polar surface area (TPSA) is 46.9 Å². The highest BCUT2D eigenvalue weighted by atomic mass is 16.1. The number of carbonyl (C=O) groups excluding carboxylic acids is 1. The lowest BCUT2D eigenvalue weighted by molar-refractivity contribution is 0.0823. The van der Waals surface area contributed by atoms with Gasteiger partial charge in [0.2, 0.25) is 0 Å². The number of nitrogens with one attached hydrogen (secondary N) is 1. The van der Waals surface area contributed by atoms with Gasteiger partial charge >= 0.3 is 0 Å². The van der Waals surface area contributed by atoms with E-state index >= 15 is 0 Å². The van der Waals surface area contributed by atoms with E-state index < -0.39 is 0 Å². The summed E-state index contributed by atoms with van der Waals surface area (Å²) in [5.41, 5.74) is 2.60. The van der Waals surface area contributed by atoms with Crippen LogP contribution in [0.3, 0.4) is 0 Å². The van der Waals surface area contributed by atoms with Gasteiger partial charge in [-0.05, 0) is 55.2 Å². The smallest absolute Gasteiger partial charge is 0.251 e. The van der Waals surface area contributed by atoms with Crippen LogP contribution < -0.4 is 5.32 Å². The molecule has 0 bridgehead atoms. The summed E-state index contributed by atoms with van der Waals surface area (Å²) in [4.78, 5) is 12.7. The Morgan fingerprint density at radius 3 is 2.33 bits per heavy atom. The van der Waals surface area contributed by atoms with E-state index in [2.05, 4.69) is 22.5 Å². The summed E-state index contributed by atoms with van der Waals surface area (Å²) < 4.78 is 1.78. The molecule has 1 amide bonds. The van der Waals surface area contributed by atoms with Gasteiger partial charge < -0.3 is 5.32 Å². The van der Waals surface area contributed by atoms with Crippen LogP contribution in [0.1, 0.15) is 35.2 Å². The fourth-order valence-electron chi connectivity index (χ4n) is 3.25. The van der Waals surface area contributed by atoms with E-state index in [9.17, 15) is 4.79 Å². The second kappa shape index (κ2) is 5.96. The van der Waals surface area contributed by atoms with Gasteiger partial charge in [-0.3, -0.25) is 4.79 Å². The van der Waals surface area contributed by atoms with Crippen molar-refractivity contribution in [2.45, 2.75) is 24.8 Å². The number of carbonyl (C=O) groups is 1. The van der Waals surface area contributed by atoms with Gasteiger partial charge in [0.15, 0.2) is 0 Å². The van der Waals surface area contributed by atoms with Crippen molar-refractivity contribution >= 4 is 5.91 Å².